The molecule has 1 aliphatic carbocycles. The predicted octanol–water partition coefficient (Wildman–Crippen LogP) is 2.03. The van der Waals surface area contributed by atoms with Crippen LogP contribution in [0.3, 0.4) is 0 Å². The minimum Gasteiger partial charge on any atom is -0.267 e. The minimum absolute atomic E-state index is 0.0663. The molecule has 1 rings (SSSR count). The Morgan fingerprint density at radius 2 is 1.86 bits per heavy atom. The van der Waals surface area contributed by atoms with Gasteiger partial charge in [-0.25, -0.2) is 0 Å². The van der Waals surface area contributed by atoms with Crippen molar-refractivity contribution in [1.82, 2.24) is 0 Å². The van der Waals surface area contributed by atoms with Gasteiger partial charge in [0.05, 0.1) is 11.9 Å². The molecule has 0 unspecified atom stereocenters. The largest absolute Gasteiger partial charge is 0.267 e. The summed E-state index contributed by atoms with van der Waals surface area (Å²) >= 11 is 1.87. The van der Waals surface area contributed by atoms with Crippen molar-refractivity contribution < 1.29 is 12.6 Å². The van der Waals surface area contributed by atoms with E-state index in [4.69, 9.17) is 4.18 Å². The Morgan fingerprint density at radius 3 is 2.29 bits per heavy atom. The Balaban J connectivity index is 2.36. The van der Waals surface area contributed by atoms with Crippen LogP contribution in [0.1, 0.15) is 32.6 Å². The van der Waals surface area contributed by atoms with Gasteiger partial charge >= 0.3 is 0 Å². The molecule has 1 fully saturated rings. The van der Waals surface area contributed by atoms with Gasteiger partial charge in [-0.3, -0.25) is 4.18 Å². The lowest BCUT2D eigenvalue weighted by atomic mass is 9.97. The maximum Gasteiger partial charge on any atom is 0.267 e. The second-order valence-electron chi connectivity index (χ2n) is 3.58. The molecule has 0 atom stereocenters. The highest BCUT2D eigenvalue weighted by Gasteiger charge is 2.24. The van der Waals surface area contributed by atoms with Crippen molar-refractivity contribution in [3.63, 3.8) is 0 Å². The molecule has 84 valence electrons. The van der Waals surface area contributed by atoms with Gasteiger partial charge in [-0.2, -0.15) is 20.2 Å². The van der Waals surface area contributed by atoms with E-state index in [9.17, 15) is 8.42 Å². The van der Waals surface area contributed by atoms with Crippen LogP contribution in [-0.2, 0) is 14.3 Å². The van der Waals surface area contributed by atoms with Crippen LogP contribution in [-0.4, -0.2) is 31.8 Å². The van der Waals surface area contributed by atoms with Crippen molar-refractivity contribution in [2.24, 2.45) is 0 Å². The van der Waals surface area contributed by atoms with E-state index in [0.717, 1.165) is 25.7 Å². The molecule has 1 aliphatic rings. The summed E-state index contributed by atoms with van der Waals surface area (Å²) in [6.45, 7) is 1.61. The smallest absolute Gasteiger partial charge is 0.267 e. The van der Waals surface area contributed by atoms with E-state index in [-0.39, 0.29) is 11.9 Å². The fraction of sp³-hybridized carbons (Fsp3) is 1.00. The highest BCUT2D eigenvalue weighted by atomic mass is 32.2. The SMILES string of the molecule is CCS(=O)(=O)OC1CCC(SC)CC1. The second-order valence-corrected chi connectivity index (χ2v) is 6.60. The highest BCUT2D eigenvalue weighted by molar-refractivity contribution is 7.99. The number of hydrogen-bond acceptors (Lipinski definition) is 4. The van der Waals surface area contributed by atoms with Gasteiger partial charge in [0.1, 0.15) is 0 Å². The third-order valence-electron chi connectivity index (χ3n) is 2.59. The molecule has 0 amide bonds. The first-order valence-electron chi connectivity index (χ1n) is 5.01. The highest BCUT2D eigenvalue weighted by Crippen LogP contribution is 2.29. The molecule has 0 aromatic carbocycles. The quantitative estimate of drug-likeness (QED) is 0.703. The zero-order chi connectivity index (χ0) is 10.6. The fourth-order valence-electron chi connectivity index (χ4n) is 1.64. The molecule has 3 nitrogen and oxygen atoms in total. The van der Waals surface area contributed by atoms with E-state index in [1.54, 1.807) is 6.92 Å². The Bertz CT molecular complexity index is 253. The molecule has 1 saturated carbocycles. The standard InChI is InChI=1S/C9H18O3S2/c1-3-14(10,11)12-8-4-6-9(13-2)7-5-8/h8-9H,3-7H2,1-2H3. The zero-order valence-corrected chi connectivity index (χ0v) is 10.4. The van der Waals surface area contributed by atoms with Crippen LogP contribution >= 0.6 is 11.8 Å². The van der Waals surface area contributed by atoms with Gasteiger partial charge in [-0.15, -0.1) is 0 Å². The van der Waals surface area contributed by atoms with Gasteiger partial charge in [-0.1, -0.05) is 0 Å². The second kappa shape index (κ2) is 5.37. The Morgan fingerprint density at radius 1 is 1.29 bits per heavy atom. The monoisotopic (exact) mass is 238 g/mol. The average Bonchev–Trinajstić information content (AvgIpc) is 2.19. The number of thioether (sulfide) groups is 1. The summed E-state index contributed by atoms with van der Waals surface area (Å²) in [5, 5.41) is 0.694. The van der Waals surface area contributed by atoms with Crippen molar-refractivity contribution >= 4 is 21.9 Å². The molecule has 0 radical (unpaired) electrons. The van der Waals surface area contributed by atoms with Gasteiger partial charge in [0, 0.05) is 5.25 Å². The molecule has 0 N–H and O–H groups in total. The van der Waals surface area contributed by atoms with Crippen LogP contribution in [0.4, 0.5) is 0 Å². The predicted molar refractivity (Wildman–Crippen MR) is 60.1 cm³/mol. The lowest BCUT2D eigenvalue weighted by molar-refractivity contribution is 0.165. The summed E-state index contributed by atoms with van der Waals surface area (Å²) < 4.78 is 27.5. The molecule has 0 aliphatic heterocycles. The van der Waals surface area contributed by atoms with E-state index in [1.807, 2.05) is 11.8 Å². The molecule has 0 spiro atoms. The topological polar surface area (TPSA) is 43.4 Å². The summed E-state index contributed by atoms with van der Waals surface area (Å²) in [5.74, 6) is 0.0788. The lowest BCUT2D eigenvalue weighted by Crippen LogP contribution is -2.26. The molecular weight excluding hydrogens is 220 g/mol. The molecule has 14 heavy (non-hydrogen) atoms. The van der Waals surface area contributed by atoms with Crippen molar-refractivity contribution in [1.29, 1.82) is 0 Å². The summed E-state index contributed by atoms with van der Waals surface area (Å²) in [5.41, 5.74) is 0. The van der Waals surface area contributed by atoms with Crippen LogP contribution in [0.2, 0.25) is 0 Å². The molecule has 0 aromatic rings. The Labute approximate surface area is 90.7 Å². The number of hydrogen-bond donors (Lipinski definition) is 0. The van der Waals surface area contributed by atoms with E-state index >= 15 is 0 Å². The molecule has 0 saturated heterocycles. The zero-order valence-electron chi connectivity index (χ0n) is 8.73. The average molecular weight is 238 g/mol. The first-order chi connectivity index (χ1) is 6.57. The van der Waals surface area contributed by atoms with E-state index in [2.05, 4.69) is 6.26 Å². The normalized spacial score (nSPS) is 29.0. The van der Waals surface area contributed by atoms with E-state index in [1.165, 1.54) is 0 Å². The summed E-state index contributed by atoms with van der Waals surface area (Å²) in [4.78, 5) is 0. The summed E-state index contributed by atoms with van der Waals surface area (Å²) in [6.07, 6.45) is 5.95. The van der Waals surface area contributed by atoms with Gasteiger partial charge in [0.2, 0.25) is 0 Å². The Kier molecular flexibility index (Phi) is 4.73. The van der Waals surface area contributed by atoms with Crippen LogP contribution in [0.5, 0.6) is 0 Å². The van der Waals surface area contributed by atoms with Gasteiger partial charge < -0.3 is 0 Å². The van der Waals surface area contributed by atoms with E-state index < -0.39 is 10.1 Å². The van der Waals surface area contributed by atoms with Crippen molar-refractivity contribution in [2.45, 2.75) is 44.0 Å². The molecule has 0 heterocycles. The van der Waals surface area contributed by atoms with Crippen LogP contribution in [0.25, 0.3) is 0 Å². The van der Waals surface area contributed by atoms with Gasteiger partial charge in [0.15, 0.2) is 0 Å². The van der Waals surface area contributed by atoms with Gasteiger partial charge in [-0.05, 0) is 38.9 Å². The number of rotatable bonds is 4. The maximum atomic E-state index is 11.2. The first kappa shape index (κ1) is 12.3. The fourth-order valence-corrected chi connectivity index (χ4v) is 3.13. The van der Waals surface area contributed by atoms with Crippen LogP contribution < -0.4 is 0 Å². The minimum atomic E-state index is -3.25. The van der Waals surface area contributed by atoms with Crippen LogP contribution in [0.15, 0.2) is 0 Å². The third kappa shape index (κ3) is 3.79. The maximum absolute atomic E-state index is 11.2. The molecular formula is C9H18O3S2. The van der Waals surface area contributed by atoms with Gasteiger partial charge in [0.25, 0.3) is 10.1 Å². The summed E-state index contributed by atoms with van der Waals surface area (Å²) in [7, 11) is -3.25. The van der Waals surface area contributed by atoms with Crippen molar-refractivity contribution in [3.05, 3.63) is 0 Å². The van der Waals surface area contributed by atoms with Crippen molar-refractivity contribution in [2.75, 3.05) is 12.0 Å². The molecule has 0 aromatic heterocycles. The van der Waals surface area contributed by atoms with E-state index in [0.29, 0.717) is 5.25 Å². The van der Waals surface area contributed by atoms with Crippen LogP contribution in [0, 0.1) is 0 Å². The first-order valence-corrected chi connectivity index (χ1v) is 7.87. The lowest BCUT2D eigenvalue weighted by Gasteiger charge is -2.26. The Hall–Kier alpha value is 0.260. The third-order valence-corrected chi connectivity index (χ3v) is 5.00. The molecule has 5 heteroatoms. The summed E-state index contributed by atoms with van der Waals surface area (Å²) in [6, 6.07) is 0. The molecule has 0 bridgehead atoms. The van der Waals surface area contributed by atoms with Crippen molar-refractivity contribution in [3.8, 4) is 0 Å².